The van der Waals surface area contributed by atoms with Crippen LogP contribution in [-0.4, -0.2) is 30.9 Å². The van der Waals surface area contributed by atoms with Crippen molar-refractivity contribution >= 4 is 15.7 Å². The van der Waals surface area contributed by atoms with Gasteiger partial charge in [0.15, 0.2) is 0 Å². The Kier molecular flexibility index (Phi) is 8.04. The fourth-order valence-electron chi connectivity index (χ4n) is 3.49. The van der Waals surface area contributed by atoms with E-state index in [9.17, 15) is 18.6 Å². The first-order chi connectivity index (χ1) is 15.3. The molecule has 32 heavy (non-hydrogen) atoms. The van der Waals surface area contributed by atoms with Crippen molar-refractivity contribution in [3.8, 4) is 0 Å². The maximum atomic E-state index is 12.8. The van der Waals surface area contributed by atoms with E-state index in [-0.39, 0.29) is 10.9 Å². The lowest BCUT2D eigenvalue weighted by atomic mass is 10.0. The zero-order valence-electron chi connectivity index (χ0n) is 18.3. The van der Waals surface area contributed by atoms with Crippen LogP contribution >= 0.6 is 0 Å². The summed E-state index contributed by atoms with van der Waals surface area (Å²) in [7, 11) is -3.84. The van der Waals surface area contributed by atoms with E-state index in [1.807, 2.05) is 25.1 Å². The van der Waals surface area contributed by atoms with Gasteiger partial charge in [-0.05, 0) is 67.6 Å². The number of hydrogen-bond acceptors (Lipinski definition) is 5. The average Bonchev–Trinajstić information content (AvgIpc) is 2.78. The average molecular weight is 455 g/mol. The van der Waals surface area contributed by atoms with Gasteiger partial charge in [0.05, 0.1) is 4.90 Å². The molecule has 3 aromatic carbocycles. The second kappa shape index (κ2) is 10.7. The van der Waals surface area contributed by atoms with Gasteiger partial charge >= 0.3 is 0 Å². The highest BCUT2D eigenvalue weighted by Crippen LogP contribution is 2.25. The van der Waals surface area contributed by atoms with Crippen molar-refractivity contribution < 1.29 is 18.6 Å². The van der Waals surface area contributed by atoms with Crippen LogP contribution in [-0.2, 0) is 16.4 Å². The minimum Gasteiger partial charge on any atom is -0.384 e. The van der Waals surface area contributed by atoms with Gasteiger partial charge in [-0.15, -0.1) is 0 Å². The predicted octanol–water partition coefficient (Wildman–Crippen LogP) is 3.76. The Bertz CT molecular complexity index is 1110. The second-order valence-corrected chi connectivity index (χ2v) is 9.65. The lowest BCUT2D eigenvalue weighted by molar-refractivity contribution is -0.0100. The molecule has 1 unspecified atom stereocenters. The quantitative estimate of drug-likeness (QED) is 0.350. The molecule has 0 fully saturated rings. The summed E-state index contributed by atoms with van der Waals surface area (Å²) < 4.78 is 28.1. The van der Waals surface area contributed by atoms with Crippen molar-refractivity contribution in [2.24, 2.45) is 0 Å². The Morgan fingerprint density at radius 1 is 0.906 bits per heavy atom. The Hall–Kier alpha value is -2.71. The van der Waals surface area contributed by atoms with Crippen LogP contribution in [0.15, 0.2) is 83.8 Å². The van der Waals surface area contributed by atoms with Gasteiger partial charge in [0.1, 0.15) is 12.3 Å². The molecule has 0 saturated heterocycles. The number of aliphatic hydroxyl groups is 2. The highest BCUT2D eigenvalue weighted by Gasteiger charge is 2.24. The molecule has 0 aliphatic rings. The van der Waals surface area contributed by atoms with Crippen LogP contribution in [0.25, 0.3) is 0 Å². The Balaban J connectivity index is 1.68. The van der Waals surface area contributed by atoms with E-state index in [0.717, 1.165) is 12.8 Å². The molecule has 3 atom stereocenters. The predicted molar refractivity (Wildman–Crippen MR) is 127 cm³/mol. The zero-order valence-corrected chi connectivity index (χ0v) is 19.1. The first-order valence-electron chi connectivity index (χ1n) is 10.6. The molecule has 0 amide bonds. The highest BCUT2D eigenvalue weighted by molar-refractivity contribution is 7.92. The summed E-state index contributed by atoms with van der Waals surface area (Å²) in [6, 6.07) is 23.1. The van der Waals surface area contributed by atoms with Crippen LogP contribution in [0.3, 0.4) is 0 Å². The molecule has 0 aliphatic carbocycles. The maximum absolute atomic E-state index is 12.8. The van der Waals surface area contributed by atoms with Crippen molar-refractivity contribution in [1.82, 2.24) is 5.32 Å². The summed E-state index contributed by atoms with van der Waals surface area (Å²) in [5, 5.41) is 24.3. The number of rotatable bonds is 10. The number of benzene rings is 3. The number of hydrogen-bond donors (Lipinski definition) is 4. The third kappa shape index (κ3) is 6.40. The van der Waals surface area contributed by atoms with Gasteiger partial charge < -0.3 is 10.2 Å². The molecule has 0 aliphatic heterocycles. The van der Waals surface area contributed by atoms with Crippen molar-refractivity contribution in [3.05, 3.63) is 95.6 Å². The highest BCUT2D eigenvalue weighted by atomic mass is 32.2. The second-order valence-electron chi connectivity index (χ2n) is 7.97. The summed E-state index contributed by atoms with van der Waals surface area (Å²) in [5.74, 6) is 0. The summed E-state index contributed by atoms with van der Waals surface area (Å²) >= 11 is 0. The van der Waals surface area contributed by atoms with Gasteiger partial charge in [-0.3, -0.25) is 10.0 Å². The molecule has 0 saturated carbocycles. The van der Waals surface area contributed by atoms with E-state index in [4.69, 9.17) is 0 Å². The Morgan fingerprint density at radius 3 is 2.19 bits per heavy atom. The van der Waals surface area contributed by atoms with E-state index in [2.05, 4.69) is 22.2 Å². The van der Waals surface area contributed by atoms with Gasteiger partial charge in [0, 0.05) is 11.7 Å². The first-order valence-corrected chi connectivity index (χ1v) is 12.1. The van der Waals surface area contributed by atoms with E-state index >= 15 is 0 Å². The zero-order chi connectivity index (χ0) is 23.1. The van der Waals surface area contributed by atoms with Gasteiger partial charge in [-0.25, -0.2) is 8.42 Å². The summed E-state index contributed by atoms with van der Waals surface area (Å²) in [5.41, 5.74) is 2.70. The summed E-state index contributed by atoms with van der Waals surface area (Å²) in [4.78, 5) is 0.0188. The maximum Gasteiger partial charge on any atom is 0.261 e. The van der Waals surface area contributed by atoms with Gasteiger partial charge in [0.2, 0.25) is 0 Å². The minimum absolute atomic E-state index is 0.0188. The molecule has 0 spiro atoms. The fourth-order valence-corrected chi connectivity index (χ4v) is 4.58. The van der Waals surface area contributed by atoms with E-state index < -0.39 is 22.4 Å². The smallest absolute Gasteiger partial charge is 0.261 e. The SMILES string of the molecule is Cc1ccc(S(=O)(=O)Nc2ccccc2)cc1[C@@H](O)[C@@H](O)NC(C)CCc1ccccc1. The van der Waals surface area contributed by atoms with Crippen molar-refractivity contribution in [2.75, 3.05) is 4.72 Å². The third-order valence-electron chi connectivity index (χ3n) is 5.37. The number of para-hydroxylation sites is 1. The topological polar surface area (TPSA) is 98.7 Å². The monoisotopic (exact) mass is 454 g/mol. The van der Waals surface area contributed by atoms with Crippen LogP contribution in [0.5, 0.6) is 0 Å². The van der Waals surface area contributed by atoms with Crippen molar-refractivity contribution in [2.45, 2.75) is 50.0 Å². The Labute approximate surface area is 190 Å². The molecule has 170 valence electrons. The molecule has 3 rings (SSSR count). The Morgan fingerprint density at radius 2 is 1.53 bits per heavy atom. The van der Waals surface area contributed by atoms with E-state index in [0.29, 0.717) is 16.8 Å². The van der Waals surface area contributed by atoms with E-state index in [1.54, 1.807) is 43.3 Å². The molecule has 3 aromatic rings. The van der Waals surface area contributed by atoms with Crippen molar-refractivity contribution in [1.29, 1.82) is 0 Å². The third-order valence-corrected chi connectivity index (χ3v) is 6.75. The molecule has 0 heterocycles. The van der Waals surface area contributed by atoms with Gasteiger partial charge in [-0.2, -0.15) is 0 Å². The molecule has 6 nitrogen and oxygen atoms in total. The lowest BCUT2D eigenvalue weighted by Crippen LogP contribution is -2.41. The molecular weight excluding hydrogens is 424 g/mol. The molecule has 0 bridgehead atoms. The summed E-state index contributed by atoms with van der Waals surface area (Å²) in [6.07, 6.45) is -0.890. The molecular formula is C25H30N2O4S. The largest absolute Gasteiger partial charge is 0.384 e. The fraction of sp³-hybridized carbons (Fsp3) is 0.280. The van der Waals surface area contributed by atoms with Crippen LogP contribution < -0.4 is 10.0 Å². The number of aliphatic hydroxyl groups excluding tert-OH is 2. The lowest BCUT2D eigenvalue weighted by Gasteiger charge is -2.25. The number of nitrogens with one attached hydrogen (secondary N) is 2. The molecule has 4 N–H and O–H groups in total. The van der Waals surface area contributed by atoms with Crippen LogP contribution in [0.2, 0.25) is 0 Å². The summed E-state index contributed by atoms with van der Waals surface area (Å²) in [6.45, 7) is 3.71. The normalized spacial score (nSPS) is 14.5. The van der Waals surface area contributed by atoms with Gasteiger partial charge in [0.25, 0.3) is 10.0 Å². The van der Waals surface area contributed by atoms with Gasteiger partial charge in [-0.1, -0.05) is 54.6 Å². The standard InChI is InChI=1S/C25H30N2O4S/c1-18-13-16-22(32(30,31)27-21-11-7-4-8-12-21)17-23(18)24(28)25(29)26-19(2)14-15-20-9-5-3-6-10-20/h3-13,16-17,19,24-29H,14-15H2,1-2H3/t19?,24-,25-/m1/s1. The van der Waals surface area contributed by atoms with E-state index in [1.165, 1.54) is 17.7 Å². The van der Waals surface area contributed by atoms with Crippen molar-refractivity contribution in [3.63, 3.8) is 0 Å². The molecule has 0 aromatic heterocycles. The first kappa shape index (κ1) is 23.9. The number of anilines is 1. The van der Waals surface area contributed by atoms with Crippen LogP contribution in [0, 0.1) is 6.92 Å². The number of aryl methyl sites for hydroxylation is 2. The number of sulfonamides is 1. The minimum atomic E-state index is -3.84. The molecule has 0 radical (unpaired) electrons. The van der Waals surface area contributed by atoms with Crippen LogP contribution in [0.1, 0.15) is 36.1 Å². The van der Waals surface area contributed by atoms with Crippen LogP contribution in [0.4, 0.5) is 5.69 Å². The molecule has 7 heteroatoms.